The normalized spacial score (nSPS) is 24.9. The molecule has 1 aromatic heterocycles. The number of fused-ring (bicyclic) bond motifs is 2. The third-order valence-electron chi connectivity index (χ3n) is 4.96. The Morgan fingerprint density at radius 3 is 3.09 bits per heavy atom. The molecule has 2 heterocycles. The molecule has 120 valence electrons. The van der Waals surface area contributed by atoms with E-state index in [-0.39, 0.29) is 11.8 Å². The number of hydrogen-bond donors (Lipinski definition) is 3. The Labute approximate surface area is 135 Å². The van der Waals surface area contributed by atoms with Crippen molar-refractivity contribution in [2.45, 2.75) is 25.6 Å². The molecule has 1 aliphatic carbocycles. The molecule has 1 aliphatic heterocycles. The number of carbonyl (C=O) groups excluding carboxylic acids is 1. The molecule has 4 rings (SSSR count). The van der Waals surface area contributed by atoms with Crippen LogP contribution in [-0.2, 0) is 11.2 Å². The molecule has 2 aliphatic rings. The molecule has 5 heteroatoms. The lowest BCUT2D eigenvalue weighted by molar-refractivity contribution is -0.127. The van der Waals surface area contributed by atoms with Gasteiger partial charge in [-0.3, -0.25) is 9.69 Å². The van der Waals surface area contributed by atoms with Gasteiger partial charge in [0, 0.05) is 29.7 Å². The zero-order valence-corrected chi connectivity index (χ0v) is 13.3. The van der Waals surface area contributed by atoms with Crippen molar-refractivity contribution in [3.05, 3.63) is 41.6 Å². The average molecular weight is 311 g/mol. The van der Waals surface area contributed by atoms with E-state index in [2.05, 4.69) is 52.7 Å². The fourth-order valence-corrected chi connectivity index (χ4v) is 3.93. The number of benzene rings is 1. The van der Waals surface area contributed by atoms with Crippen molar-refractivity contribution in [2.24, 2.45) is 5.92 Å². The Morgan fingerprint density at radius 1 is 1.48 bits per heavy atom. The lowest BCUT2D eigenvalue weighted by Crippen LogP contribution is -2.47. The number of amides is 1. The fraction of sp³-hybridized carbons (Fsp3) is 0.389. The van der Waals surface area contributed by atoms with Gasteiger partial charge in [-0.1, -0.05) is 18.2 Å². The predicted octanol–water partition coefficient (Wildman–Crippen LogP) is 1.49. The van der Waals surface area contributed by atoms with Gasteiger partial charge in [0.1, 0.15) is 6.23 Å². The van der Waals surface area contributed by atoms with Gasteiger partial charge in [-0.15, -0.1) is 0 Å². The molecule has 0 saturated carbocycles. The summed E-state index contributed by atoms with van der Waals surface area (Å²) in [5.74, 6) is -0.360. The smallest absolute Gasteiger partial charge is 0.230 e. The third-order valence-corrected chi connectivity index (χ3v) is 4.96. The summed E-state index contributed by atoms with van der Waals surface area (Å²) in [5, 5.41) is 13.3. The molecule has 0 fully saturated rings. The number of aromatic amines is 1. The number of hydrogen-bond acceptors (Lipinski definition) is 3. The summed E-state index contributed by atoms with van der Waals surface area (Å²) in [6.07, 6.45) is 4.33. The van der Waals surface area contributed by atoms with Crippen LogP contribution in [0.4, 0.5) is 0 Å². The highest BCUT2D eigenvalue weighted by Crippen LogP contribution is 2.40. The van der Waals surface area contributed by atoms with Crippen LogP contribution in [0.1, 0.15) is 18.1 Å². The number of carbonyl (C=O) groups is 1. The van der Waals surface area contributed by atoms with Crippen molar-refractivity contribution >= 4 is 22.4 Å². The molecule has 3 N–H and O–H groups in total. The quantitative estimate of drug-likeness (QED) is 0.736. The lowest BCUT2D eigenvalue weighted by Gasteiger charge is -2.39. The summed E-state index contributed by atoms with van der Waals surface area (Å²) < 4.78 is 0. The van der Waals surface area contributed by atoms with Crippen molar-refractivity contribution in [3.8, 4) is 0 Å². The topological polar surface area (TPSA) is 68.4 Å². The summed E-state index contributed by atoms with van der Waals surface area (Å²) in [7, 11) is 2.07. The molecule has 0 bridgehead atoms. The minimum absolute atomic E-state index is 0.121. The van der Waals surface area contributed by atoms with Gasteiger partial charge in [0.05, 0.1) is 5.92 Å². The number of aliphatic hydroxyl groups is 1. The van der Waals surface area contributed by atoms with E-state index < -0.39 is 6.23 Å². The molecule has 5 nitrogen and oxygen atoms in total. The molecule has 1 aromatic carbocycles. The van der Waals surface area contributed by atoms with Crippen LogP contribution in [0.25, 0.3) is 16.5 Å². The first-order chi connectivity index (χ1) is 11.0. The second kappa shape index (κ2) is 5.22. The van der Waals surface area contributed by atoms with Crippen LogP contribution in [0, 0.1) is 5.92 Å². The molecule has 2 aromatic rings. The zero-order valence-electron chi connectivity index (χ0n) is 13.3. The summed E-state index contributed by atoms with van der Waals surface area (Å²) in [5.41, 5.74) is 4.94. The largest absolute Gasteiger partial charge is 0.374 e. The van der Waals surface area contributed by atoms with Crippen molar-refractivity contribution in [1.82, 2.24) is 15.2 Å². The van der Waals surface area contributed by atoms with Crippen molar-refractivity contribution in [1.29, 1.82) is 0 Å². The number of nitrogens with one attached hydrogen (secondary N) is 2. The van der Waals surface area contributed by atoms with Crippen LogP contribution in [-0.4, -0.2) is 46.8 Å². The average Bonchev–Trinajstić information content (AvgIpc) is 2.92. The van der Waals surface area contributed by atoms with E-state index in [0.717, 1.165) is 11.9 Å². The Hall–Kier alpha value is -2.11. The molecule has 0 spiro atoms. The van der Waals surface area contributed by atoms with E-state index in [0.29, 0.717) is 12.6 Å². The summed E-state index contributed by atoms with van der Waals surface area (Å²) in [4.78, 5) is 17.9. The minimum atomic E-state index is -0.824. The number of H-pyrrole nitrogens is 1. The second-order valence-electron chi connectivity index (χ2n) is 6.61. The maximum Gasteiger partial charge on any atom is 0.230 e. The third kappa shape index (κ3) is 2.28. The highest BCUT2D eigenvalue weighted by Gasteiger charge is 2.35. The first-order valence-corrected chi connectivity index (χ1v) is 8.04. The highest BCUT2D eigenvalue weighted by atomic mass is 16.3. The van der Waals surface area contributed by atoms with Crippen LogP contribution >= 0.6 is 0 Å². The number of aromatic nitrogens is 1. The summed E-state index contributed by atoms with van der Waals surface area (Å²) in [6.45, 7) is 2.23. The number of aliphatic hydroxyl groups excluding tert-OH is 1. The molecule has 0 saturated heterocycles. The van der Waals surface area contributed by atoms with Gasteiger partial charge in [-0.2, -0.15) is 0 Å². The Bertz CT molecular complexity index is 806. The molecule has 1 amide bonds. The Kier molecular flexibility index (Phi) is 3.28. The van der Waals surface area contributed by atoms with Crippen LogP contribution < -0.4 is 5.32 Å². The molecule has 23 heavy (non-hydrogen) atoms. The van der Waals surface area contributed by atoms with Gasteiger partial charge >= 0.3 is 0 Å². The summed E-state index contributed by atoms with van der Waals surface area (Å²) in [6, 6.07) is 6.59. The molecule has 0 radical (unpaired) electrons. The van der Waals surface area contributed by atoms with Gasteiger partial charge in [0.2, 0.25) is 5.91 Å². The molecule has 1 unspecified atom stereocenters. The highest BCUT2D eigenvalue weighted by molar-refractivity contribution is 5.99. The van der Waals surface area contributed by atoms with E-state index >= 15 is 0 Å². The second-order valence-corrected chi connectivity index (χ2v) is 6.61. The van der Waals surface area contributed by atoms with Gasteiger partial charge in [0.25, 0.3) is 0 Å². The minimum Gasteiger partial charge on any atom is -0.374 e. The van der Waals surface area contributed by atoms with Crippen LogP contribution in [0.5, 0.6) is 0 Å². The van der Waals surface area contributed by atoms with E-state index in [1.54, 1.807) is 6.92 Å². The van der Waals surface area contributed by atoms with Crippen molar-refractivity contribution in [2.75, 3.05) is 13.6 Å². The molecular formula is C18H21N3O2. The number of nitrogens with zero attached hydrogens (tertiary/aromatic N) is 1. The van der Waals surface area contributed by atoms with Gasteiger partial charge < -0.3 is 15.4 Å². The van der Waals surface area contributed by atoms with E-state index in [1.165, 1.54) is 22.1 Å². The molecular weight excluding hydrogens is 290 g/mol. The van der Waals surface area contributed by atoms with Gasteiger partial charge in [0.15, 0.2) is 0 Å². The SMILES string of the molecule is CC(O)NC(=O)[C@@H]1C=C2c3cccc4[nH]cc(c34)C[C@H]2N(C)C1. The van der Waals surface area contributed by atoms with E-state index in [9.17, 15) is 9.90 Å². The standard InChI is InChI=1S/C18H21N3O2/c1-10(22)20-18(23)12-6-14-13-4-3-5-15-17(13)11(8-19-15)7-16(14)21(2)9-12/h3-6,8,10,12,16,19,22H,7,9H2,1-2H3,(H,20,23)/t10?,12-,16-/m1/s1. The predicted molar refractivity (Wildman–Crippen MR) is 89.7 cm³/mol. The Balaban J connectivity index is 1.80. The first kappa shape index (κ1) is 14.5. The Morgan fingerprint density at radius 2 is 2.30 bits per heavy atom. The van der Waals surface area contributed by atoms with E-state index in [4.69, 9.17) is 0 Å². The van der Waals surface area contributed by atoms with Gasteiger partial charge in [-0.25, -0.2) is 0 Å². The number of likely N-dealkylation sites (N-methyl/N-ethyl adjacent to an activating group) is 1. The van der Waals surface area contributed by atoms with Crippen molar-refractivity contribution in [3.63, 3.8) is 0 Å². The van der Waals surface area contributed by atoms with Gasteiger partial charge in [-0.05, 0) is 43.2 Å². The molecule has 3 atom stereocenters. The van der Waals surface area contributed by atoms with E-state index in [1.807, 2.05) is 0 Å². The van der Waals surface area contributed by atoms with Crippen LogP contribution in [0.3, 0.4) is 0 Å². The van der Waals surface area contributed by atoms with Crippen LogP contribution in [0.2, 0.25) is 0 Å². The van der Waals surface area contributed by atoms with Crippen LogP contribution in [0.15, 0.2) is 30.5 Å². The fourth-order valence-electron chi connectivity index (χ4n) is 3.93. The maximum absolute atomic E-state index is 12.3. The number of rotatable bonds is 2. The lowest BCUT2D eigenvalue weighted by atomic mass is 9.80. The summed E-state index contributed by atoms with van der Waals surface area (Å²) >= 11 is 0. The zero-order chi connectivity index (χ0) is 16.1. The van der Waals surface area contributed by atoms with Crippen molar-refractivity contribution < 1.29 is 9.90 Å². The monoisotopic (exact) mass is 311 g/mol. The first-order valence-electron chi connectivity index (χ1n) is 8.04. The maximum atomic E-state index is 12.3.